The maximum absolute atomic E-state index is 13.8. The quantitative estimate of drug-likeness (QED) is 0.497. The van der Waals surface area contributed by atoms with E-state index in [9.17, 15) is 37.6 Å². The Morgan fingerprint density at radius 3 is 2.29 bits per heavy atom. The summed E-state index contributed by atoms with van der Waals surface area (Å²) < 4.78 is 50.6. The number of ether oxygens (including phenoxy) is 2. The number of fused-ring (bicyclic) bond motifs is 2. The Labute approximate surface area is 260 Å². The van der Waals surface area contributed by atoms with Gasteiger partial charge in [0, 0.05) is 6.54 Å². The minimum absolute atomic E-state index is 0.0901. The third-order valence-electron chi connectivity index (χ3n) is 8.62. The van der Waals surface area contributed by atoms with Crippen molar-refractivity contribution in [3.05, 3.63) is 23.8 Å². The summed E-state index contributed by atoms with van der Waals surface area (Å²) in [7, 11) is 0. The summed E-state index contributed by atoms with van der Waals surface area (Å²) in [5.74, 6) is -3.76. The largest absolute Gasteiger partial charge is 0.490 e. The average Bonchev–Trinajstić information content (AvgIpc) is 3.23. The van der Waals surface area contributed by atoms with Crippen molar-refractivity contribution in [1.82, 2.24) is 15.5 Å². The molecule has 2 unspecified atom stereocenters. The lowest BCUT2D eigenvalue weighted by atomic mass is 9.85. The van der Waals surface area contributed by atoms with Gasteiger partial charge in [0.25, 0.3) is 0 Å². The van der Waals surface area contributed by atoms with E-state index in [0.29, 0.717) is 17.0 Å². The highest BCUT2D eigenvalue weighted by Gasteiger charge is 2.70. The van der Waals surface area contributed by atoms with Crippen LogP contribution in [0.5, 0.6) is 5.75 Å². The fraction of sp³-hybridized carbons (Fsp3) is 0.645. The van der Waals surface area contributed by atoms with Crippen molar-refractivity contribution >= 4 is 29.5 Å². The van der Waals surface area contributed by atoms with E-state index in [2.05, 4.69) is 5.32 Å². The minimum atomic E-state index is -5.20. The summed E-state index contributed by atoms with van der Waals surface area (Å²) in [6.07, 6.45) is -5.75. The van der Waals surface area contributed by atoms with Gasteiger partial charge in [-0.3, -0.25) is 19.3 Å². The fourth-order valence-electron chi connectivity index (χ4n) is 6.18. The van der Waals surface area contributed by atoms with Gasteiger partial charge in [-0.15, -0.1) is 0 Å². The summed E-state index contributed by atoms with van der Waals surface area (Å²) in [5, 5.41) is 14.6. The van der Waals surface area contributed by atoms with Gasteiger partial charge >= 0.3 is 18.2 Å². The lowest BCUT2D eigenvalue weighted by molar-refractivity contribution is -0.176. The third-order valence-corrected chi connectivity index (χ3v) is 8.62. The van der Waals surface area contributed by atoms with Crippen molar-refractivity contribution in [3.63, 3.8) is 0 Å². The van der Waals surface area contributed by atoms with Crippen LogP contribution in [0, 0.1) is 34.0 Å². The molecule has 4 amide bonds. The first-order valence-electron chi connectivity index (χ1n) is 14.7. The predicted molar refractivity (Wildman–Crippen MR) is 156 cm³/mol. The van der Waals surface area contributed by atoms with Crippen LogP contribution in [0.4, 0.5) is 23.7 Å². The van der Waals surface area contributed by atoms with Gasteiger partial charge in [-0.1, -0.05) is 40.7 Å². The first-order valence-corrected chi connectivity index (χ1v) is 14.7. The molecule has 1 aromatic carbocycles. The second-order valence-electron chi connectivity index (χ2n) is 14.4. The maximum atomic E-state index is 13.8. The number of rotatable bonds is 5. The number of amides is 4. The van der Waals surface area contributed by atoms with Crippen LogP contribution in [-0.4, -0.2) is 72.3 Å². The van der Waals surface area contributed by atoms with Gasteiger partial charge in [0.2, 0.25) is 11.8 Å². The van der Waals surface area contributed by atoms with Gasteiger partial charge in [0.15, 0.2) is 0 Å². The average molecular weight is 636 g/mol. The van der Waals surface area contributed by atoms with Crippen LogP contribution < -0.4 is 20.3 Å². The Hall–Kier alpha value is -4.02. The van der Waals surface area contributed by atoms with Crippen LogP contribution in [0.1, 0.15) is 67.0 Å². The van der Waals surface area contributed by atoms with E-state index in [4.69, 9.17) is 9.47 Å². The minimum Gasteiger partial charge on any atom is -0.490 e. The molecule has 5 atom stereocenters. The molecule has 2 heterocycles. The Morgan fingerprint density at radius 1 is 1.09 bits per heavy atom. The lowest BCUT2D eigenvalue weighted by Gasteiger charge is -2.37. The SMILES string of the molecule is CC(C)(C)OC(=O)N1CCOc2cc(C(C#N)NC(=O)[C@@H]3[C@@H]4[C@H](CN3C(=O)C(NC(=O)C(F)(F)F)C(C)(C)C)C4(C)C)ccc21. The van der Waals surface area contributed by atoms with Crippen LogP contribution in [0.2, 0.25) is 0 Å². The molecule has 1 aromatic rings. The topological polar surface area (TPSA) is 141 Å². The zero-order valence-corrected chi connectivity index (χ0v) is 26.7. The molecule has 2 aliphatic heterocycles. The molecule has 0 radical (unpaired) electrons. The number of nitrogens with zero attached hydrogens (tertiary/aromatic N) is 3. The zero-order valence-electron chi connectivity index (χ0n) is 26.7. The number of anilines is 1. The Balaban J connectivity index is 1.57. The summed E-state index contributed by atoms with van der Waals surface area (Å²) in [5.41, 5.74) is -1.34. The van der Waals surface area contributed by atoms with E-state index in [0.717, 1.165) is 0 Å². The lowest BCUT2D eigenvalue weighted by Crippen LogP contribution is -2.60. The number of hydrogen-bond acceptors (Lipinski definition) is 7. The highest BCUT2D eigenvalue weighted by molar-refractivity contribution is 5.95. The van der Waals surface area contributed by atoms with Gasteiger partial charge in [0.1, 0.15) is 36.1 Å². The van der Waals surface area contributed by atoms with Gasteiger partial charge < -0.3 is 25.0 Å². The standard InChI is InChI=1S/C31H40F3N5O6/c1-28(2,3)23(37-26(42)31(32,33)34)25(41)39-15-17-21(30(17,7)8)22(39)24(40)36-18(14-35)16-9-10-19-20(13-16)44-12-11-38(19)27(43)45-29(4,5)6/h9-10,13,17-18,21-23H,11-12,15H2,1-8H3,(H,36,40)(H,37,42)/t17-,18?,21-,22-,23?/m0/s1. The molecule has 0 aromatic heterocycles. The molecule has 3 aliphatic rings. The van der Waals surface area contributed by atoms with Crippen LogP contribution >= 0.6 is 0 Å². The number of nitriles is 1. The fourth-order valence-corrected chi connectivity index (χ4v) is 6.18. The van der Waals surface area contributed by atoms with E-state index >= 15 is 0 Å². The summed E-state index contributed by atoms with van der Waals surface area (Å²) in [4.78, 5) is 54.8. The molecular weight excluding hydrogens is 595 g/mol. The normalized spacial score (nSPS) is 23.4. The highest BCUT2D eigenvalue weighted by Crippen LogP contribution is 2.65. The van der Waals surface area contributed by atoms with E-state index < -0.39 is 59.1 Å². The first-order chi connectivity index (χ1) is 20.6. The molecule has 11 nitrogen and oxygen atoms in total. The molecule has 1 saturated carbocycles. The number of nitrogens with one attached hydrogen (secondary N) is 2. The van der Waals surface area contributed by atoms with Crippen molar-refractivity contribution in [1.29, 1.82) is 5.26 Å². The number of piperidine rings is 1. The Bertz CT molecular complexity index is 1420. The van der Waals surface area contributed by atoms with Crippen LogP contribution in [-0.2, 0) is 19.1 Å². The molecule has 0 bridgehead atoms. The van der Waals surface area contributed by atoms with Crippen molar-refractivity contribution in [2.45, 2.75) is 85.3 Å². The zero-order chi connectivity index (χ0) is 33.9. The smallest absolute Gasteiger partial charge is 0.471 e. The van der Waals surface area contributed by atoms with Crippen molar-refractivity contribution < 1.29 is 41.8 Å². The van der Waals surface area contributed by atoms with E-state index in [-0.39, 0.29) is 36.9 Å². The number of carbonyl (C=O) groups excluding carboxylic acids is 4. The number of alkyl halides is 3. The predicted octanol–water partition coefficient (Wildman–Crippen LogP) is 4.08. The number of halogens is 3. The van der Waals surface area contributed by atoms with E-state index in [1.54, 1.807) is 39.0 Å². The van der Waals surface area contributed by atoms with Crippen molar-refractivity contribution in [2.24, 2.45) is 22.7 Å². The molecule has 246 valence electrons. The van der Waals surface area contributed by atoms with Crippen molar-refractivity contribution in [3.8, 4) is 11.8 Å². The van der Waals surface area contributed by atoms with Crippen molar-refractivity contribution in [2.75, 3.05) is 24.6 Å². The highest BCUT2D eigenvalue weighted by atomic mass is 19.4. The monoisotopic (exact) mass is 635 g/mol. The number of carbonyl (C=O) groups is 4. The van der Waals surface area contributed by atoms with E-state index in [1.807, 2.05) is 25.2 Å². The van der Waals surface area contributed by atoms with E-state index in [1.165, 1.54) is 30.6 Å². The molecule has 1 saturated heterocycles. The van der Waals surface area contributed by atoms with Gasteiger partial charge in [0.05, 0.1) is 18.3 Å². The molecular formula is C31H40F3N5O6. The summed E-state index contributed by atoms with van der Waals surface area (Å²) >= 11 is 0. The van der Waals surface area contributed by atoms with Crippen LogP contribution in [0.15, 0.2) is 18.2 Å². The molecule has 4 rings (SSSR count). The van der Waals surface area contributed by atoms with Gasteiger partial charge in [-0.25, -0.2) is 4.79 Å². The van der Waals surface area contributed by atoms with Gasteiger partial charge in [-0.05, 0) is 61.1 Å². The van der Waals surface area contributed by atoms with Crippen LogP contribution in [0.3, 0.4) is 0 Å². The molecule has 45 heavy (non-hydrogen) atoms. The molecule has 2 fully saturated rings. The summed E-state index contributed by atoms with van der Waals surface area (Å²) in [6, 6.07) is 2.95. The number of benzene rings is 1. The first kappa shape index (κ1) is 33.9. The molecule has 2 N–H and O–H groups in total. The van der Waals surface area contributed by atoms with Gasteiger partial charge in [-0.2, -0.15) is 18.4 Å². The number of likely N-dealkylation sites (tertiary alicyclic amines) is 1. The molecule has 14 heteroatoms. The second kappa shape index (κ2) is 11.4. The number of hydrogen-bond donors (Lipinski definition) is 2. The maximum Gasteiger partial charge on any atom is 0.471 e. The molecule has 1 aliphatic carbocycles. The summed E-state index contributed by atoms with van der Waals surface area (Å²) in [6.45, 7) is 14.3. The third kappa shape index (κ3) is 6.82. The van der Waals surface area contributed by atoms with Crippen LogP contribution in [0.25, 0.3) is 0 Å². The Kier molecular flexibility index (Phi) is 8.58. The second-order valence-corrected chi connectivity index (χ2v) is 14.4. The molecule has 0 spiro atoms. The Morgan fingerprint density at radius 2 is 1.73 bits per heavy atom.